The van der Waals surface area contributed by atoms with Crippen LogP contribution in [-0.2, 0) is 25.5 Å². The molecular weight excluding hydrogens is 264 g/mol. The van der Waals surface area contributed by atoms with Crippen molar-refractivity contribution in [2.24, 2.45) is 0 Å². The van der Waals surface area contributed by atoms with Gasteiger partial charge in [-0.2, -0.15) is 0 Å². The lowest BCUT2D eigenvalue weighted by Gasteiger charge is -2.27. The van der Waals surface area contributed by atoms with Gasteiger partial charge >= 0.3 is 11.9 Å². The number of rotatable bonds is 4. The topological polar surface area (TPSA) is 52.6 Å². The van der Waals surface area contributed by atoms with Crippen LogP contribution < -0.4 is 0 Å². The Labute approximate surface area is 116 Å². The zero-order valence-electron chi connectivity index (χ0n) is 10.7. The fraction of sp³-hybridized carbons (Fsp3) is 0.429. The highest BCUT2D eigenvalue weighted by Crippen LogP contribution is 2.26. The van der Waals surface area contributed by atoms with Crippen molar-refractivity contribution in [3.05, 3.63) is 35.9 Å². The Morgan fingerprint density at radius 2 is 2.16 bits per heavy atom. The van der Waals surface area contributed by atoms with E-state index in [1.54, 1.807) is 0 Å². The molecule has 1 fully saturated rings. The van der Waals surface area contributed by atoms with Gasteiger partial charge in [-0.15, -0.1) is 11.8 Å². The Bertz CT molecular complexity index is 446. The summed E-state index contributed by atoms with van der Waals surface area (Å²) in [4.78, 5) is 23.0. The van der Waals surface area contributed by atoms with Crippen LogP contribution in [0.5, 0.6) is 0 Å². The normalized spacial score (nSPS) is 22.7. The molecule has 4 nitrogen and oxygen atoms in total. The Morgan fingerprint density at radius 3 is 2.79 bits per heavy atom. The summed E-state index contributed by atoms with van der Waals surface area (Å²) < 4.78 is 9.94. The highest BCUT2D eigenvalue weighted by atomic mass is 32.2. The van der Waals surface area contributed by atoms with E-state index in [1.807, 2.05) is 30.3 Å². The Kier molecular flexibility index (Phi) is 4.85. The third kappa shape index (κ3) is 3.99. The van der Waals surface area contributed by atoms with Crippen molar-refractivity contribution in [2.75, 3.05) is 12.9 Å². The van der Waals surface area contributed by atoms with Crippen LogP contribution in [0.4, 0.5) is 0 Å². The molecule has 2 unspecified atom stereocenters. The van der Waals surface area contributed by atoms with Crippen molar-refractivity contribution in [3.63, 3.8) is 0 Å². The van der Waals surface area contributed by atoms with Crippen LogP contribution in [-0.4, -0.2) is 36.2 Å². The molecule has 1 heterocycles. The van der Waals surface area contributed by atoms with Crippen molar-refractivity contribution >= 4 is 23.7 Å². The van der Waals surface area contributed by atoms with Crippen molar-refractivity contribution in [1.82, 2.24) is 0 Å². The fourth-order valence-corrected chi connectivity index (χ4v) is 3.00. The fourth-order valence-electron chi connectivity index (χ4n) is 1.92. The molecule has 1 aliphatic rings. The predicted octanol–water partition coefficient (Wildman–Crippen LogP) is 1.82. The summed E-state index contributed by atoms with van der Waals surface area (Å²) >= 11 is 1.47. The smallest absolute Gasteiger partial charge is 0.319 e. The van der Waals surface area contributed by atoms with E-state index in [0.717, 1.165) is 5.56 Å². The minimum absolute atomic E-state index is 0.0814. The van der Waals surface area contributed by atoms with Gasteiger partial charge in [0.2, 0.25) is 0 Å². The summed E-state index contributed by atoms with van der Waals surface area (Å²) in [5.41, 5.74) is 1.15. The quantitative estimate of drug-likeness (QED) is 0.787. The first-order chi connectivity index (χ1) is 9.19. The molecule has 1 aromatic carbocycles. The molecule has 5 heteroatoms. The summed E-state index contributed by atoms with van der Waals surface area (Å²) in [6.45, 7) is 0. The molecule has 0 aromatic heterocycles. The number of methoxy groups -OCH3 is 1. The lowest BCUT2D eigenvalue weighted by molar-refractivity contribution is -0.152. The molecule has 0 N–H and O–H groups in total. The highest BCUT2D eigenvalue weighted by Gasteiger charge is 2.32. The molecule has 19 heavy (non-hydrogen) atoms. The second kappa shape index (κ2) is 6.61. The molecule has 0 aliphatic carbocycles. The minimum Gasteiger partial charge on any atom is -0.469 e. The molecular formula is C14H16O4S. The summed E-state index contributed by atoms with van der Waals surface area (Å²) in [5, 5.41) is -0.431. The van der Waals surface area contributed by atoms with E-state index in [9.17, 15) is 9.59 Å². The molecule has 1 aromatic rings. The lowest BCUT2D eigenvalue weighted by atomic mass is 10.1. The molecule has 0 spiro atoms. The van der Waals surface area contributed by atoms with Gasteiger partial charge in [0.15, 0.2) is 0 Å². The van der Waals surface area contributed by atoms with Gasteiger partial charge in [-0.3, -0.25) is 9.59 Å². The third-order valence-corrected chi connectivity index (χ3v) is 4.24. The summed E-state index contributed by atoms with van der Waals surface area (Å²) in [6, 6.07) is 9.91. The largest absolute Gasteiger partial charge is 0.469 e. The number of hydrogen-bond acceptors (Lipinski definition) is 5. The molecule has 0 radical (unpaired) electrons. The van der Waals surface area contributed by atoms with Crippen molar-refractivity contribution in [1.29, 1.82) is 0 Å². The first kappa shape index (κ1) is 13.9. The molecule has 1 aliphatic heterocycles. The van der Waals surface area contributed by atoms with Gasteiger partial charge in [0.1, 0.15) is 11.4 Å². The van der Waals surface area contributed by atoms with E-state index in [-0.39, 0.29) is 24.5 Å². The lowest BCUT2D eigenvalue weighted by Crippen LogP contribution is -2.36. The maximum atomic E-state index is 11.8. The molecule has 0 bridgehead atoms. The van der Waals surface area contributed by atoms with Gasteiger partial charge in [0, 0.05) is 12.2 Å². The highest BCUT2D eigenvalue weighted by molar-refractivity contribution is 8.00. The number of carbonyl (C=O) groups is 2. The molecule has 0 amide bonds. The van der Waals surface area contributed by atoms with E-state index in [2.05, 4.69) is 4.74 Å². The van der Waals surface area contributed by atoms with E-state index in [0.29, 0.717) is 12.2 Å². The third-order valence-electron chi connectivity index (χ3n) is 2.91. The van der Waals surface area contributed by atoms with E-state index in [1.165, 1.54) is 18.9 Å². The molecule has 1 saturated heterocycles. The Morgan fingerprint density at radius 1 is 1.42 bits per heavy atom. The summed E-state index contributed by atoms with van der Waals surface area (Å²) in [7, 11) is 1.32. The predicted molar refractivity (Wildman–Crippen MR) is 72.9 cm³/mol. The zero-order chi connectivity index (χ0) is 13.7. The Balaban J connectivity index is 1.86. The number of esters is 2. The number of cyclic esters (lactones) is 1. The van der Waals surface area contributed by atoms with Crippen LogP contribution in [0.15, 0.2) is 30.3 Å². The number of benzene rings is 1. The van der Waals surface area contributed by atoms with Crippen LogP contribution in [0.2, 0.25) is 0 Å². The van der Waals surface area contributed by atoms with E-state index in [4.69, 9.17) is 4.74 Å². The van der Waals surface area contributed by atoms with Crippen molar-refractivity contribution in [3.8, 4) is 0 Å². The van der Waals surface area contributed by atoms with E-state index < -0.39 is 5.25 Å². The molecule has 2 atom stereocenters. The van der Waals surface area contributed by atoms with Gasteiger partial charge < -0.3 is 9.47 Å². The monoisotopic (exact) mass is 280 g/mol. The van der Waals surface area contributed by atoms with Crippen LogP contribution >= 0.6 is 11.8 Å². The SMILES string of the molecule is COC(=O)CC1SCC(Cc2ccccc2)OC1=O. The van der Waals surface area contributed by atoms with Gasteiger partial charge in [0.05, 0.1) is 13.5 Å². The maximum Gasteiger partial charge on any atom is 0.319 e. The summed E-state index contributed by atoms with van der Waals surface area (Å²) in [6.07, 6.45) is 0.677. The van der Waals surface area contributed by atoms with Crippen molar-refractivity contribution < 1.29 is 19.1 Å². The maximum absolute atomic E-state index is 11.8. The van der Waals surface area contributed by atoms with Crippen LogP contribution in [0, 0.1) is 0 Å². The number of carbonyl (C=O) groups excluding carboxylic acids is 2. The van der Waals surface area contributed by atoms with Gasteiger partial charge in [-0.1, -0.05) is 30.3 Å². The first-order valence-corrected chi connectivity index (χ1v) is 7.16. The number of hydrogen-bond donors (Lipinski definition) is 0. The first-order valence-electron chi connectivity index (χ1n) is 6.12. The Hall–Kier alpha value is -1.49. The number of ether oxygens (including phenoxy) is 2. The second-order valence-electron chi connectivity index (χ2n) is 4.35. The zero-order valence-corrected chi connectivity index (χ0v) is 11.5. The molecule has 102 valence electrons. The average molecular weight is 280 g/mol. The minimum atomic E-state index is -0.431. The van der Waals surface area contributed by atoms with Crippen LogP contribution in [0.3, 0.4) is 0 Å². The standard InChI is InChI=1S/C14H16O4S/c1-17-13(15)8-12-14(16)18-11(9-19-12)7-10-5-3-2-4-6-10/h2-6,11-12H,7-9H2,1H3. The molecule has 0 saturated carbocycles. The van der Waals surface area contributed by atoms with Crippen molar-refractivity contribution in [2.45, 2.75) is 24.2 Å². The molecule has 2 rings (SSSR count). The summed E-state index contributed by atoms with van der Waals surface area (Å²) in [5.74, 6) is 0.0148. The average Bonchev–Trinajstić information content (AvgIpc) is 2.43. The second-order valence-corrected chi connectivity index (χ2v) is 5.59. The number of thioether (sulfide) groups is 1. The van der Waals surface area contributed by atoms with Crippen LogP contribution in [0.1, 0.15) is 12.0 Å². The van der Waals surface area contributed by atoms with Gasteiger partial charge in [0.25, 0.3) is 0 Å². The van der Waals surface area contributed by atoms with Gasteiger partial charge in [-0.25, -0.2) is 0 Å². The van der Waals surface area contributed by atoms with E-state index >= 15 is 0 Å². The van der Waals surface area contributed by atoms with Gasteiger partial charge in [-0.05, 0) is 5.56 Å². The van der Waals surface area contributed by atoms with Crippen LogP contribution in [0.25, 0.3) is 0 Å².